The molecule has 0 aromatic carbocycles. The van der Waals surface area contributed by atoms with E-state index < -0.39 is 0 Å². The molecule has 0 amide bonds. The summed E-state index contributed by atoms with van der Waals surface area (Å²) in [6, 6.07) is 1.88. The molecule has 1 aromatic rings. The molecule has 1 heterocycles. The van der Waals surface area contributed by atoms with E-state index in [1.807, 2.05) is 18.5 Å². The molecule has 0 unspecified atom stereocenters. The topological polar surface area (TPSA) is 25.8 Å². The maximum Gasteiger partial charge on any atom is 0.131 e. The number of rotatable bonds is 1. The fourth-order valence-corrected chi connectivity index (χ4v) is 2.04. The molecule has 0 atom stereocenters. The molecule has 1 saturated carbocycles. The molecule has 70 valence electrons. The Morgan fingerprint density at radius 2 is 1.69 bits per heavy atom. The van der Waals surface area contributed by atoms with E-state index in [0.717, 1.165) is 11.7 Å². The normalized spacial score (nSPS) is 28.7. The first-order valence-electron chi connectivity index (χ1n) is 5.13. The molecular formula is C11H16N2. The van der Waals surface area contributed by atoms with Crippen molar-refractivity contribution in [3.63, 3.8) is 0 Å². The Morgan fingerprint density at radius 1 is 1.08 bits per heavy atom. The average Bonchev–Trinajstić information content (AvgIpc) is 2.20. The fraction of sp³-hybridized carbons (Fsp3) is 0.636. The summed E-state index contributed by atoms with van der Waals surface area (Å²) in [6.07, 6.45) is 8.91. The standard InChI is InChI=1S/C11H16N2/c1-9-3-5-10(6-4-9)11-12-7-2-8-13-11/h2,7-10H,3-6H2,1H3. The second-order valence-corrected chi connectivity index (χ2v) is 4.06. The van der Waals surface area contributed by atoms with Crippen LogP contribution in [0.1, 0.15) is 44.3 Å². The van der Waals surface area contributed by atoms with Crippen LogP contribution in [0.5, 0.6) is 0 Å². The van der Waals surface area contributed by atoms with Gasteiger partial charge < -0.3 is 0 Å². The molecule has 0 bridgehead atoms. The highest BCUT2D eigenvalue weighted by atomic mass is 14.9. The quantitative estimate of drug-likeness (QED) is 0.657. The highest BCUT2D eigenvalue weighted by Crippen LogP contribution is 2.33. The highest BCUT2D eigenvalue weighted by Gasteiger charge is 2.21. The number of nitrogens with zero attached hydrogens (tertiary/aromatic N) is 2. The molecule has 0 N–H and O–H groups in total. The van der Waals surface area contributed by atoms with Crippen LogP contribution >= 0.6 is 0 Å². The zero-order valence-corrected chi connectivity index (χ0v) is 8.11. The van der Waals surface area contributed by atoms with Crippen molar-refractivity contribution in [2.24, 2.45) is 5.92 Å². The maximum atomic E-state index is 4.32. The van der Waals surface area contributed by atoms with Gasteiger partial charge in [0.05, 0.1) is 0 Å². The first kappa shape index (κ1) is 8.67. The van der Waals surface area contributed by atoms with E-state index in [0.29, 0.717) is 5.92 Å². The second kappa shape index (κ2) is 3.86. The minimum Gasteiger partial charge on any atom is -0.241 e. The lowest BCUT2D eigenvalue weighted by Gasteiger charge is -2.24. The molecule has 2 nitrogen and oxygen atoms in total. The smallest absolute Gasteiger partial charge is 0.131 e. The first-order valence-corrected chi connectivity index (χ1v) is 5.13. The van der Waals surface area contributed by atoms with Crippen LogP contribution in [0, 0.1) is 5.92 Å². The van der Waals surface area contributed by atoms with Crippen LogP contribution in [-0.2, 0) is 0 Å². The van der Waals surface area contributed by atoms with Gasteiger partial charge in [0.2, 0.25) is 0 Å². The van der Waals surface area contributed by atoms with Gasteiger partial charge in [-0.05, 0) is 24.8 Å². The fourth-order valence-electron chi connectivity index (χ4n) is 2.04. The largest absolute Gasteiger partial charge is 0.241 e. The Morgan fingerprint density at radius 3 is 2.31 bits per heavy atom. The Labute approximate surface area is 79.4 Å². The number of hydrogen-bond acceptors (Lipinski definition) is 2. The van der Waals surface area contributed by atoms with E-state index in [2.05, 4.69) is 16.9 Å². The summed E-state index contributed by atoms with van der Waals surface area (Å²) in [7, 11) is 0. The van der Waals surface area contributed by atoms with Crippen LogP contribution in [0.4, 0.5) is 0 Å². The van der Waals surface area contributed by atoms with Crippen molar-refractivity contribution in [2.45, 2.75) is 38.5 Å². The summed E-state index contributed by atoms with van der Waals surface area (Å²) in [4.78, 5) is 8.63. The molecular weight excluding hydrogens is 160 g/mol. The lowest BCUT2D eigenvalue weighted by molar-refractivity contribution is 0.339. The summed E-state index contributed by atoms with van der Waals surface area (Å²) < 4.78 is 0. The van der Waals surface area contributed by atoms with Gasteiger partial charge in [-0.15, -0.1) is 0 Å². The molecule has 2 rings (SSSR count). The van der Waals surface area contributed by atoms with Crippen LogP contribution in [-0.4, -0.2) is 9.97 Å². The van der Waals surface area contributed by atoms with Crippen molar-refractivity contribution in [2.75, 3.05) is 0 Å². The second-order valence-electron chi connectivity index (χ2n) is 4.06. The minimum absolute atomic E-state index is 0.623. The van der Waals surface area contributed by atoms with Crippen LogP contribution in [0.2, 0.25) is 0 Å². The van der Waals surface area contributed by atoms with Crippen molar-refractivity contribution >= 4 is 0 Å². The predicted octanol–water partition coefficient (Wildman–Crippen LogP) is 2.77. The lowest BCUT2D eigenvalue weighted by Crippen LogP contribution is -2.12. The van der Waals surface area contributed by atoms with Gasteiger partial charge in [-0.2, -0.15) is 0 Å². The Bertz CT molecular complexity index is 250. The highest BCUT2D eigenvalue weighted by molar-refractivity contribution is 4.98. The number of aromatic nitrogens is 2. The van der Waals surface area contributed by atoms with E-state index in [9.17, 15) is 0 Å². The van der Waals surface area contributed by atoms with E-state index in [4.69, 9.17) is 0 Å². The van der Waals surface area contributed by atoms with E-state index in [1.165, 1.54) is 25.7 Å². The molecule has 1 fully saturated rings. The van der Waals surface area contributed by atoms with Gasteiger partial charge >= 0.3 is 0 Å². The minimum atomic E-state index is 0.623. The van der Waals surface area contributed by atoms with Gasteiger partial charge in [-0.1, -0.05) is 19.8 Å². The van der Waals surface area contributed by atoms with Crippen molar-refractivity contribution in [1.29, 1.82) is 0 Å². The molecule has 1 aliphatic rings. The molecule has 1 aliphatic carbocycles. The van der Waals surface area contributed by atoms with Crippen molar-refractivity contribution in [1.82, 2.24) is 9.97 Å². The molecule has 0 radical (unpaired) electrons. The summed E-state index contributed by atoms with van der Waals surface area (Å²) in [5.41, 5.74) is 0. The molecule has 0 spiro atoms. The first-order chi connectivity index (χ1) is 6.36. The van der Waals surface area contributed by atoms with Gasteiger partial charge in [-0.25, -0.2) is 9.97 Å². The summed E-state index contributed by atoms with van der Waals surface area (Å²) in [6.45, 7) is 2.34. The molecule has 1 aromatic heterocycles. The third-order valence-corrected chi connectivity index (χ3v) is 2.97. The van der Waals surface area contributed by atoms with Crippen molar-refractivity contribution < 1.29 is 0 Å². The van der Waals surface area contributed by atoms with E-state index in [-0.39, 0.29) is 0 Å². The Balaban J connectivity index is 2.03. The third kappa shape index (κ3) is 2.06. The van der Waals surface area contributed by atoms with Crippen LogP contribution in [0.15, 0.2) is 18.5 Å². The summed E-state index contributed by atoms with van der Waals surface area (Å²) in [5.74, 6) is 2.58. The predicted molar refractivity (Wildman–Crippen MR) is 52.4 cm³/mol. The number of hydrogen-bond donors (Lipinski definition) is 0. The molecule has 0 saturated heterocycles. The lowest BCUT2D eigenvalue weighted by atomic mass is 9.82. The van der Waals surface area contributed by atoms with Crippen LogP contribution in [0.25, 0.3) is 0 Å². The Hall–Kier alpha value is -0.920. The summed E-state index contributed by atoms with van der Waals surface area (Å²) in [5, 5.41) is 0. The zero-order valence-electron chi connectivity index (χ0n) is 8.11. The van der Waals surface area contributed by atoms with Crippen LogP contribution in [0.3, 0.4) is 0 Å². The van der Waals surface area contributed by atoms with Gasteiger partial charge in [0.25, 0.3) is 0 Å². The molecule has 13 heavy (non-hydrogen) atoms. The monoisotopic (exact) mass is 176 g/mol. The van der Waals surface area contributed by atoms with Gasteiger partial charge in [0.15, 0.2) is 0 Å². The van der Waals surface area contributed by atoms with Gasteiger partial charge in [0.1, 0.15) is 5.82 Å². The van der Waals surface area contributed by atoms with E-state index in [1.54, 1.807) is 0 Å². The average molecular weight is 176 g/mol. The van der Waals surface area contributed by atoms with Crippen molar-refractivity contribution in [3.8, 4) is 0 Å². The van der Waals surface area contributed by atoms with Crippen LogP contribution < -0.4 is 0 Å². The third-order valence-electron chi connectivity index (χ3n) is 2.97. The van der Waals surface area contributed by atoms with E-state index >= 15 is 0 Å². The Kier molecular flexibility index (Phi) is 2.57. The van der Waals surface area contributed by atoms with Gasteiger partial charge in [0, 0.05) is 18.3 Å². The van der Waals surface area contributed by atoms with Crippen molar-refractivity contribution in [3.05, 3.63) is 24.3 Å². The summed E-state index contributed by atoms with van der Waals surface area (Å²) >= 11 is 0. The molecule has 0 aliphatic heterocycles. The zero-order chi connectivity index (χ0) is 9.10. The SMILES string of the molecule is CC1CCC(c2ncccn2)CC1. The molecule has 2 heteroatoms. The maximum absolute atomic E-state index is 4.32. The van der Waals surface area contributed by atoms with Gasteiger partial charge in [-0.3, -0.25) is 0 Å².